The predicted molar refractivity (Wildman–Crippen MR) is 97.1 cm³/mol. The van der Waals surface area contributed by atoms with E-state index in [9.17, 15) is 5.11 Å². The minimum atomic E-state index is -0.182. The van der Waals surface area contributed by atoms with Crippen LogP contribution in [0, 0.1) is 12.8 Å². The van der Waals surface area contributed by atoms with Crippen LogP contribution in [-0.2, 0) is 6.54 Å². The number of furan rings is 1. The highest BCUT2D eigenvalue weighted by atomic mass is 16.3. The molecule has 2 unspecified atom stereocenters. The molecule has 0 saturated heterocycles. The van der Waals surface area contributed by atoms with Crippen LogP contribution in [0.25, 0.3) is 11.0 Å². The largest absolute Gasteiger partial charge is 0.459 e. The Bertz CT molecular complexity index is 708. The highest BCUT2D eigenvalue weighted by Crippen LogP contribution is 2.26. The summed E-state index contributed by atoms with van der Waals surface area (Å²) in [6.45, 7) is 6.19. The molecule has 1 aromatic heterocycles. The molecular weight excluding hydrogens is 302 g/mol. The van der Waals surface area contributed by atoms with Gasteiger partial charge >= 0.3 is 0 Å². The Hall–Kier alpha value is -2.01. The Balaban J connectivity index is 1.67. The maximum atomic E-state index is 9.94. The first-order chi connectivity index (χ1) is 11.7. The van der Waals surface area contributed by atoms with E-state index in [1.807, 2.05) is 25.1 Å². The number of fused-ring (bicyclic) bond motifs is 1. The van der Waals surface area contributed by atoms with E-state index in [0.717, 1.165) is 60.6 Å². The molecule has 3 rings (SSSR count). The molecule has 3 N–H and O–H groups in total. The topological polar surface area (TPSA) is 69.8 Å². The number of para-hydroxylation sites is 1. The average molecular weight is 329 g/mol. The summed E-state index contributed by atoms with van der Waals surface area (Å²) < 4.78 is 5.92. The molecule has 2 atom stereocenters. The van der Waals surface area contributed by atoms with Gasteiger partial charge in [0, 0.05) is 30.0 Å². The number of aliphatic hydroxyl groups is 1. The second kappa shape index (κ2) is 7.71. The summed E-state index contributed by atoms with van der Waals surface area (Å²) in [7, 11) is 0. The number of nitrogens with zero attached hydrogens (tertiary/aromatic N) is 1. The molecule has 2 aromatic rings. The van der Waals surface area contributed by atoms with Gasteiger partial charge in [-0.2, -0.15) is 0 Å². The van der Waals surface area contributed by atoms with Crippen molar-refractivity contribution in [3.63, 3.8) is 0 Å². The van der Waals surface area contributed by atoms with Crippen LogP contribution in [0.1, 0.15) is 37.5 Å². The fourth-order valence-corrected chi connectivity index (χ4v) is 3.35. The monoisotopic (exact) mass is 329 g/mol. The zero-order chi connectivity index (χ0) is 16.9. The Morgan fingerprint density at radius 3 is 2.83 bits per heavy atom. The second-order valence-electron chi connectivity index (χ2n) is 6.48. The van der Waals surface area contributed by atoms with E-state index >= 15 is 0 Å². The van der Waals surface area contributed by atoms with Crippen molar-refractivity contribution >= 4 is 16.9 Å². The van der Waals surface area contributed by atoms with Gasteiger partial charge in [-0.15, -0.1) is 0 Å². The van der Waals surface area contributed by atoms with Crippen LogP contribution in [0.3, 0.4) is 0 Å². The zero-order valence-electron chi connectivity index (χ0n) is 14.5. The molecule has 130 valence electrons. The lowest BCUT2D eigenvalue weighted by atomic mass is 10.1. The second-order valence-corrected chi connectivity index (χ2v) is 6.48. The minimum Gasteiger partial charge on any atom is -0.459 e. The van der Waals surface area contributed by atoms with Gasteiger partial charge < -0.3 is 20.2 Å². The van der Waals surface area contributed by atoms with Gasteiger partial charge in [-0.25, -0.2) is 4.99 Å². The lowest BCUT2D eigenvalue weighted by Crippen LogP contribution is -2.41. The summed E-state index contributed by atoms with van der Waals surface area (Å²) in [6, 6.07) is 8.07. The SMILES string of the molecule is CCNC(=NCc1oc2ccccc2c1C)NCC1CCCC1O. The number of aliphatic imine (C=N–C) groups is 1. The minimum absolute atomic E-state index is 0.182. The quantitative estimate of drug-likeness (QED) is 0.583. The van der Waals surface area contributed by atoms with E-state index < -0.39 is 0 Å². The van der Waals surface area contributed by atoms with Crippen LogP contribution in [-0.4, -0.2) is 30.3 Å². The molecule has 5 heteroatoms. The van der Waals surface area contributed by atoms with Crippen LogP contribution in [0.4, 0.5) is 0 Å². The van der Waals surface area contributed by atoms with Crippen LogP contribution in [0.15, 0.2) is 33.7 Å². The molecule has 1 saturated carbocycles. The third-order valence-electron chi connectivity index (χ3n) is 4.82. The molecule has 5 nitrogen and oxygen atoms in total. The molecule has 0 spiro atoms. The Labute approximate surface area is 143 Å². The molecule has 0 aliphatic heterocycles. The number of nitrogens with one attached hydrogen (secondary N) is 2. The summed E-state index contributed by atoms with van der Waals surface area (Å²) >= 11 is 0. The van der Waals surface area contributed by atoms with Crippen molar-refractivity contribution in [1.29, 1.82) is 0 Å². The Morgan fingerprint density at radius 2 is 2.12 bits per heavy atom. The first-order valence-electron chi connectivity index (χ1n) is 8.86. The standard InChI is InChI=1S/C19H27N3O2/c1-3-20-19(21-11-14-7-6-9-16(14)23)22-12-18-13(2)15-8-4-5-10-17(15)24-18/h4-5,8,10,14,16,23H,3,6-7,9,11-12H2,1-2H3,(H2,20,21,22). The molecule has 0 bridgehead atoms. The first kappa shape index (κ1) is 16.8. The summed E-state index contributed by atoms with van der Waals surface area (Å²) in [5.41, 5.74) is 2.06. The van der Waals surface area contributed by atoms with Crippen molar-refractivity contribution in [2.24, 2.45) is 10.9 Å². The molecule has 1 aliphatic carbocycles. The molecule has 1 heterocycles. The Morgan fingerprint density at radius 1 is 1.29 bits per heavy atom. The Kier molecular flexibility index (Phi) is 5.41. The van der Waals surface area contributed by atoms with E-state index in [2.05, 4.69) is 28.6 Å². The van der Waals surface area contributed by atoms with Gasteiger partial charge in [-0.05, 0) is 32.8 Å². The lowest BCUT2D eigenvalue weighted by molar-refractivity contribution is 0.134. The summed E-state index contributed by atoms with van der Waals surface area (Å²) in [4.78, 5) is 4.64. The van der Waals surface area contributed by atoms with Gasteiger partial charge in [0.15, 0.2) is 5.96 Å². The highest BCUT2D eigenvalue weighted by Gasteiger charge is 2.25. The van der Waals surface area contributed by atoms with E-state index in [1.54, 1.807) is 0 Å². The maximum Gasteiger partial charge on any atom is 0.191 e. The molecule has 1 aliphatic rings. The van der Waals surface area contributed by atoms with Crippen molar-refractivity contribution in [3.05, 3.63) is 35.6 Å². The van der Waals surface area contributed by atoms with Crippen molar-refractivity contribution in [1.82, 2.24) is 10.6 Å². The van der Waals surface area contributed by atoms with E-state index in [0.29, 0.717) is 12.5 Å². The van der Waals surface area contributed by atoms with E-state index in [4.69, 9.17) is 4.42 Å². The van der Waals surface area contributed by atoms with Crippen molar-refractivity contribution in [2.75, 3.05) is 13.1 Å². The lowest BCUT2D eigenvalue weighted by Gasteiger charge is -2.17. The number of aryl methyl sites for hydroxylation is 1. The summed E-state index contributed by atoms with van der Waals surface area (Å²) in [6.07, 6.45) is 2.92. The molecular formula is C19H27N3O2. The van der Waals surface area contributed by atoms with Gasteiger partial charge in [0.1, 0.15) is 17.9 Å². The number of hydrogen-bond acceptors (Lipinski definition) is 3. The first-order valence-corrected chi connectivity index (χ1v) is 8.86. The van der Waals surface area contributed by atoms with Crippen LogP contribution in [0.2, 0.25) is 0 Å². The summed E-state index contributed by atoms with van der Waals surface area (Å²) in [5, 5.41) is 17.7. The third-order valence-corrected chi connectivity index (χ3v) is 4.82. The number of rotatable bonds is 5. The number of guanidine groups is 1. The number of benzene rings is 1. The van der Waals surface area contributed by atoms with Crippen molar-refractivity contribution < 1.29 is 9.52 Å². The average Bonchev–Trinajstić information content (AvgIpc) is 3.14. The number of hydrogen-bond donors (Lipinski definition) is 3. The predicted octanol–water partition coefficient (Wildman–Crippen LogP) is 2.96. The maximum absolute atomic E-state index is 9.94. The molecule has 1 fully saturated rings. The van der Waals surface area contributed by atoms with Crippen LogP contribution < -0.4 is 10.6 Å². The zero-order valence-corrected chi connectivity index (χ0v) is 14.5. The molecule has 0 amide bonds. The van der Waals surface area contributed by atoms with Crippen molar-refractivity contribution in [3.8, 4) is 0 Å². The van der Waals surface area contributed by atoms with Crippen LogP contribution >= 0.6 is 0 Å². The smallest absolute Gasteiger partial charge is 0.191 e. The van der Waals surface area contributed by atoms with Gasteiger partial charge in [0.05, 0.1) is 6.10 Å². The van der Waals surface area contributed by atoms with Crippen LogP contribution in [0.5, 0.6) is 0 Å². The van der Waals surface area contributed by atoms with E-state index in [1.165, 1.54) is 0 Å². The molecule has 24 heavy (non-hydrogen) atoms. The fourth-order valence-electron chi connectivity index (χ4n) is 3.35. The molecule has 0 radical (unpaired) electrons. The highest BCUT2D eigenvalue weighted by molar-refractivity contribution is 5.82. The molecule has 1 aromatic carbocycles. The van der Waals surface area contributed by atoms with Crippen molar-refractivity contribution in [2.45, 2.75) is 45.8 Å². The normalized spacial score (nSPS) is 21.4. The van der Waals surface area contributed by atoms with Gasteiger partial charge in [-0.3, -0.25) is 0 Å². The number of aliphatic hydroxyl groups excluding tert-OH is 1. The summed E-state index contributed by atoms with van der Waals surface area (Å²) in [5.74, 6) is 1.99. The van der Waals surface area contributed by atoms with Gasteiger partial charge in [0.25, 0.3) is 0 Å². The van der Waals surface area contributed by atoms with Gasteiger partial charge in [0.2, 0.25) is 0 Å². The fraction of sp³-hybridized carbons (Fsp3) is 0.526. The van der Waals surface area contributed by atoms with E-state index in [-0.39, 0.29) is 6.10 Å². The van der Waals surface area contributed by atoms with Gasteiger partial charge in [-0.1, -0.05) is 24.6 Å². The third kappa shape index (κ3) is 3.73.